The van der Waals surface area contributed by atoms with Crippen LogP contribution in [0.4, 0.5) is 0 Å². The summed E-state index contributed by atoms with van der Waals surface area (Å²) in [5, 5.41) is 0. The normalized spacial score (nSPS) is 11.2. The van der Waals surface area contributed by atoms with Crippen LogP contribution in [0.5, 0.6) is 5.75 Å². The quantitative estimate of drug-likeness (QED) is 0.563. The van der Waals surface area contributed by atoms with Crippen LogP contribution in [0.2, 0.25) is 0 Å². The van der Waals surface area contributed by atoms with Crippen molar-refractivity contribution in [2.24, 2.45) is 0 Å². The van der Waals surface area contributed by atoms with Gasteiger partial charge in [-0.15, -0.1) is 6.58 Å². The Hall–Kier alpha value is -1.59. The average molecular weight is 381 g/mol. The highest BCUT2D eigenvalue weighted by molar-refractivity contribution is 9.10. The van der Waals surface area contributed by atoms with Crippen LogP contribution in [0.15, 0.2) is 58.4 Å². The summed E-state index contributed by atoms with van der Waals surface area (Å²) >= 11 is 3.40. The SMILES string of the molecule is C=CCc1ccccc1OS(=O)(=O)c1cc(C)c(Br)cc1C. The van der Waals surface area contributed by atoms with Crippen molar-refractivity contribution < 1.29 is 12.6 Å². The van der Waals surface area contributed by atoms with Crippen LogP contribution in [0.1, 0.15) is 16.7 Å². The number of para-hydroxylation sites is 1. The van der Waals surface area contributed by atoms with Crippen molar-refractivity contribution in [1.29, 1.82) is 0 Å². The molecular weight excluding hydrogens is 364 g/mol. The Bertz CT molecular complexity index is 811. The van der Waals surface area contributed by atoms with E-state index >= 15 is 0 Å². The molecule has 0 bridgehead atoms. The van der Waals surface area contributed by atoms with Gasteiger partial charge in [0, 0.05) is 4.47 Å². The molecule has 0 saturated carbocycles. The molecule has 0 aliphatic carbocycles. The highest BCUT2D eigenvalue weighted by Gasteiger charge is 2.21. The maximum Gasteiger partial charge on any atom is 0.339 e. The molecule has 22 heavy (non-hydrogen) atoms. The van der Waals surface area contributed by atoms with E-state index in [0.717, 1.165) is 15.6 Å². The van der Waals surface area contributed by atoms with Crippen molar-refractivity contribution >= 4 is 26.0 Å². The maximum atomic E-state index is 12.6. The zero-order valence-corrected chi connectivity index (χ0v) is 14.9. The van der Waals surface area contributed by atoms with E-state index in [1.165, 1.54) is 0 Å². The van der Waals surface area contributed by atoms with Crippen LogP contribution in [0.25, 0.3) is 0 Å². The fourth-order valence-electron chi connectivity index (χ4n) is 2.10. The number of halogens is 1. The van der Waals surface area contributed by atoms with Gasteiger partial charge in [-0.2, -0.15) is 8.42 Å². The molecule has 2 aromatic rings. The van der Waals surface area contributed by atoms with Gasteiger partial charge >= 0.3 is 10.1 Å². The lowest BCUT2D eigenvalue weighted by Gasteiger charge is -2.13. The van der Waals surface area contributed by atoms with Crippen LogP contribution in [-0.2, 0) is 16.5 Å². The minimum atomic E-state index is -3.88. The van der Waals surface area contributed by atoms with Crippen molar-refractivity contribution in [1.82, 2.24) is 0 Å². The lowest BCUT2D eigenvalue weighted by molar-refractivity contribution is 0.483. The molecule has 0 unspecified atom stereocenters. The first-order valence-electron chi connectivity index (χ1n) is 6.75. The zero-order valence-electron chi connectivity index (χ0n) is 12.5. The Morgan fingerprint density at radius 1 is 1.18 bits per heavy atom. The van der Waals surface area contributed by atoms with Gasteiger partial charge < -0.3 is 4.18 Å². The predicted octanol–water partition coefficient (Wildman–Crippen LogP) is 4.56. The van der Waals surface area contributed by atoms with Gasteiger partial charge in [-0.05, 0) is 55.2 Å². The molecule has 0 aliphatic rings. The molecule has 0 fully saturated rings. The minimum absolute atomic E-state index is 0.182. The minimum Gasteiger partial charge on any atom is -0.379 e. The Kier molecular flexibility index (Phi) is 5.08. The molecule has 0 saturated heterocycles. The van der Waals surface area contributed by atoms with Gasteiger partial charge in [0.15, 0.2) is 0 Å². The second-order valence-corrected chi connectivity index (χ2v) is 7.37. The zero-order chi connectivity index (χ0) is 16.3. The van der Waals surface area contributed by atoms with E-state index in [4.69, 9.17) is 4.18 Å². The Labute approximate surface area is 139 Å². The standard InChI is InChI=1S/C17H17BrO3S/c1-4-7-14-8-5-6-9-16(14)21-22(19,20)17-11-12(2)15(18)10-13(17)3/h4-6,8-11H,1,7H2,2-3H3. The molecule has 5 heteroatoms. The van der Waals surface area contributed by atoms with Gasteiger partial charge in [-0.25, -0.2) is 0 Å². The number of rotatable bonds is 5. The van der Waals surface area contributed by atoms with Crippen molar-refractivity contribution in [3.05, 3.63) is 70.2 Å². The first kappa shape index (κ1) is 16.8. The molecule has 2 rings (SSSR count). The van der Waals surface area contributed by atoms with Crippen molar-refractivity contribution in [2.45, 2.75) is 25.2 Å². The van der Waals surface area contributed by atoms with E-state index in [-0.39, 0.29) is 4.90 Å². The second-order valence-electron chi connectivity index (χ2n) is 5.00. The van der Waals surface area contributed by atoms with E-state index in [1.807, 2.05) is 19.1 Å². The van der Waals surface area contributed by atoms with Crippen LogP contribution in [-0.4, -0.2) is 8.42 Å². The van der Waals surface area contributed by atoms with E-state index < -0.39 is 10.1 Å². The van der Waals surface area contributed by atoms with E-state index in [9.17, 15) is 8.42 Å². The van der Waals surface area contributed by atoms with Gasteiger partial charge in [-0.3, -0.25) is 0 Å². The fourth-order valence-corrected chi connectivity index (χ4v) is 3.82. The van der Waals surface area contributed by atoms with Crippen LogP contribution in [0, 0.1) is 13.8 Å². The van der Waals surface area contributed by atoms with E-state index in [1.54, 1.807) is 37.3 Å². The molecule has 0 amide bonds. The lowest BCUT2D eigenvalue weighted by Crippen LogP contribution is -2.12. The van der Waals surface area contributed by atoms with E-state index in [2.05, 4.69) is 22.5 Å². The third-order valence-corrected chi connectivity index (χ3v) is 5.49. The van der Waals surface area contributed by atoms with Gasteiger partial charge in [0.25, 0.3) is 0 Å². The summed E-state index contributed by atoms with van der Waals surface area (Å²) in [6, 6.07) is 10.5. The lowest BCUT2D eigenvalue weighted by atomic mass is 10.1. The molecule has 0 radical (unpaired) electrons. The molecule has 3 nitrogen and oxygen atoms in total. The molecule has 0 aromatic heterocycles. The predicted molar refractivity (Wildman–Crippen MR) is 91.8 cm³/mol. The number of hydrogen-bond acceptors (Lipinski definition) is 3. The highest BCUT2D eigenvalue weighted by Crippen LogP contribution is 2.28. The van der Waals surface area contributed by atoms with E-state index in [0.29, 0.717) is 17.7 Å². The molecule has 0 atom stereocenters. The first-order chi connectivity index (χ1) is 10.3. The van der Waals surface area contributed by atoms with Crippen molar-refractivity contribution in [3.8, 4) is 5.75 Å². The van der Waals surface area contributed by atoms with Crippen LogP contribution < -0.4 is 4.18 Å². The highest BCUT2D eigenvalue weighted by atomic mass is 79.9. The molecule has 0 spiro atoms. The number of benzene rings is 2. The molecule has 0 heterocycles. The third-order valence-electron chi connectivity index (χ3n) is 3.26. The average Bonchev–Trinajstić information content (AvgIpc) is 2.45. The largest absolute Gasteiger partial charge is 0.379 e. The number of aryl methyl sites for hydroxylation is 2. The Morgan fingerprint density at radius 3 is 2.55 bits per heavy atom. The van der Waals surface area contributed by atoms with Gasteiger partial charge in [-0.1, -0.05) is 40.2 Å². The molecular formula is C17H17BrO3S. The summed E-state index contributed by atoms with van der Waals surface area (Å²) in [6.45, 7) is 7.26. The van der Waals surface area contributed by atoms with Crippen molar-refractivity contribution in [3.63, 3.8) is 0 Å². The van der Waals surface area contributed by atoms with Gasteiger partial charge in [0.05, 0.1) is 0 Å². The van der Waals surface area contributed by atoms with Crippen LogP contribution >= 0.6 is 15.9 Å². The second kappa shape index (κ2) is 6.67. The van der Waals surface area contributed by atoms with Crippen molar-refractivity contribution in [2.75, 3.05) is 0 Å². The summed E-state index contributed by atoms with van der Waals surface area (Å²) in [7, 11) is -3.88. The Morgan fingerprint density at radius 2 is 1.86 bits per heavy atom. The number of hydrogen-bond donors (Lipinski definition) is 0. The van der Waals surface area contributed by atoms with Gasteiger partial charge in [0.1, 0.15) is 10.6 Å². The summed E-state index contributed by atoms with van der Waals surface area (Å²) in [5.41, 5.74) is 2.26. The smallest absolute Gasteiger partial charge is 0.339 e. The monoisotopic (exact) mass is 380 g/mol. The third kappa shape index (κ3) is 3.59. The summed E-state index contributed by atoms with van der Waals surface area (Å²) in [6.07, 6.45) is 2.26. The molecule has 2 aromatic carbocycles. The maximum absolute atomic E-state index is 12.6. The van der Waals surface area contributed by atoms with Crippen LogP contribution in [0.3, 0.4) is 0 Å². The summed E-state index contributed by atoms with van der Waals surface area (Å²) < 4.78 is 31.4. The summed E-state index contributed by atoms with van der Waals surface area (Å²) in [4.78, 5) is 0.182. The Balaban J connectivity index is 2.45. The first-order valence-corrected chi connectivity index (χ1v) is 8.95. The fraction of sp³-hybridized carbons (Fsp3) is 0.176. The topological polar surface area (TPSA) is 43.4 Å². The molecule has 0 aliphatic heterocycles. The molecule has 116 valence electrons. The number of allylic oxidation sites excluding steroid dienone is 1. The molecule has 0 N–H and O–H groups in total. The van der Waals surface area contributed by atoms with Gasteiger partial charge in [0.2, 0.25) is 0 Å². The summed E-state index contributed by atoms with van der Waals surface area (Å²) in [5.74, 6) is 0.336.